The highest BCUT2D eigenvalue weighted by Gasteiger charge is 2.14. The van der Waals surface area contributed by atoms with Gasteiger partial charge in [0.05, 0.1) is 31.0 Å². The summed E-state index contributed by atoms with van der Waals surface area (Å²) in [5.41, 5.74) is 4.37. The van der Waals surface area contributed by atoms with Crippen LogP contribution in [0.2, 0.25) is 0 Å². The molecule has 6 heteroatoms. The first-order chi connectivity index (χ1) is 16.2. The molecule has 1 saturated heterocycles. The Morgan fingerprint density at radius 2 is 1.52 bits per heavy atom. The fraction of sp³-hybridized carbons (Fsp3) is 0.444. The topological polar surface area (TPSA) is 47.1 Å². The quantitative estimate of drug-likeness (QED) is 0.403. The van der Waals surface area contributed by atoms with Gasteiger partial charge in [-0.05, 0) is 49.9 Å². The number of likely N-dealkylation sites (N-methyl/N-ethyl adjacent to an activating group) is 1. The zero-order valence-electron chi connectivity index (χ0n) is 19.8. The molecule has 0 saturated carbocycles. The standard InChI is InChI=1S/C27H35N3O3/c1-3-16-31-17-18-32-19-20-33-25-9-11-27-23(21-25)6-10-26(28-27)22-4-7-24(8-5-22)30-14-12-29(2)13-15-30/h4-11,21H,3,12-20H2,1-2H3. The molecule has 0 unspecified atom stereocenters. The first-order valence-electron chi connectivity index (χ1n) is 12.0. The van der Waals surface area contributed by atoms with Crippen molar-refractivity contribution in [3.8, 4) is 17.0 Å². The van der Waals surface area contributed by atoms with Gasteiger partial charge in [0.1, 0.15) is 12.4 Å². The smallest absolute Gasteiger partial charge is 0.120 e. The molecule has 0 aliphatic carbocycles. The first kappa shape index (κ1) is 23.5. The molecule has 1 aliphatic rings. The van der Waals surface area contributed by atoms with Crippen LogP contribution in [0, 0.1) is 0 Å². The Kier molecular flexibility index (Phi) is 8.53. The van der Waals surface area contributed by atoms with E-state index in [0.29, 0.717) is 26.4 Å². The van der Waals surface area contributed by atoms with Crippen LogP contribution in [0.25, 0.3) is 22.2 Å². The summed E-state index contributed by atoms with van der Waals surface area (Å²) in [5, 5.41) is 1.07. The van der Waals surface area contributed by atoms with Crippen molar-refractivity contribution in [1.82, 2.24) is 9.88 Å². The van der Waals surface area contributed by atoms with Crippen LogP contribution in [-0.4, -0.2) is 76.1 Å². The van der Waals surface area contributed by atoms with Gasteiger partial charge in [-0.15, -0.1) is 0 Å². The van der Waals surface area contributed by atoms with E-state index in [0.717, 1.165) is 67.1 Å². The van der Waals surface area contributed by atoms with Crippen LogP contribution in [0.5, 0.6) is 5.75 Å². The van der Waals surface area contributed by atoms with E-state index in [1.807, 2.05) is 18.2 Å². The molecule has 0 atom stereocenters. The molecular formula is C27H35N3O3. The summed E-state index contributed by atoms with van der Waals surface area (Å²) in [5.74, 6) is 0.833. The molecule has 3 aromatic rings. The Labute approximate surface area is 197 Å². The van der Waals surface area contributed by atoms with Gasteiger partial charge in [0.2, 0.25) is 0 Å². The molecule has 0 spiro atoms. The maximum Gasteiger partial charge on any atom is 0.120 e. The van der Waals surface area contributed by atoms with Crippen molar-refractivity contribution in [3.05, 3.63) is 54.6 Å². The van der Waals surface area contributed by atoms with E-state index in [1.165, 1.54) is 5.69 Å². The zero-order chi connectivity index (χ0) is 22.9. The predicted octanol–water partition coefficient (Wildman–Crippen LogP) is 4.48. The largest absolute Gasteiger partial charge is 0.491 e. The predicted molar refractivity (Wildman–Crippen MR) is 134 cm³/mol. The van der Waals surface area contributed by atoms with Crippen molar-refractivity contribution < 1.29 is 14.2 Å². The average Bonchev–Trinajstić information content (AvgIpc) is 2.86. The number of aromatic nitrogens is 1. The summed E-state index contributed by atoms with van der Waals surface area (Å²) >= 11 is 0. The van der Waals surface area contributed by atoms with Crippen LogP contribution in [0.4, 0.5) is 5.69 Å². The Morgan fingerprint density at radius 3 is 2.27 bits per heavy atom. The normalized spacial score (nSPS) is 14.7. The summed E-state index contributed by atoms with van der Waals surface area (Å²) in [6, 6.07) is 19.0. The molecule has 1 fully saturated rings. The van der Waals surface area contributed by atoms with Gasteiger partial charge in [0, 0.05) is 49.4 Å². The summed E-state index contributed by atoms with van der Waals surface area (Å²) in [7, 11) is 2.18. The lowest BCUT2D eigenvalue weighted by Crippen LogP contribution is -2.44. The minimum absolute atomic E-state index is 0.518. The first-order valence-corrected chi connectivity index (χ1v) is 12.0. The fourth-order valence-corrected chi connectivity index (χ4v) is 3.95. The number of hydrogen-bond donors (Lipinski definition) is 0. The Balaban J connectivity index is 1.31. The maximum atomic E-state index is 5.83. The molecule has 0 N–H and O–H groups in total. The van der Waals surface area contributed by atoms with Crippen LogP contribution < -0.4 is 9.64 Å². The van der Waals surface area contributed by atoms with Crippen LogP contribution in [-0.2, 0) is 9.47 Å². The number of rotatable bonds is 11. The molecule has 6 nitrogen and oxygen atoms in total. The van der Waals surface area contributed by atoms with Gasteiger partial charge in [-0.25, -0.2) is 4.98 Å². The van der Waals surface area contributed by atoms with Gasteiger partial charge >= 0.3 is 0 Å². The number of nitrogens with zero attached hydrogens (tertiary/aromatic N) is 3. The number of hydrogen-bond acceptors (Lipinski definition) is 6. The van der Waals surface area contributed by atoms with Crippen LogP contribution in [0.15, 0.2) is 54.6 Å². The third-order valence-corrected chi connectivity index (χ3v) is 5.91. The second-order valence-corrected chi connectivity index (χ2v) is 8.46. The van der Waals surface area contributed by atoms with Crippen molar-refractivity contribution >= 4 is 16.6 Å². The molecule has 4 rings (SSSR count). The van der Waals surface area contributed by atoms with Gasteiger partial charge in [0.25, 0.3) is 0 Å². The highest BCUT2D eigenvalue weighted by atomic mass is 16.5. The average molecular weight is 450 g/mol. The van der Waals surface area contributed by atoms with Crippen LogP contribution >= 0.6 is 0 Å². The lowest BCUT2D eigenvalue weighted by Gasteiger charge is -2.34. The summed E-state index contributed by atoms with van der Waals surface area (Å²) < 4.78 is 16.8. The molecular weight excluding hydrogens is 414 g/mol. The van der Waals surface area contributed by atoms with E-state index < -0.39 is 0 Å². The number of benzene rings is 2. The molecule has 0 radical (unpaired) electrons. The second-order valence-electron chi connectivity index (χ2n) is 8.46. The molecule has 2 aromatic carbocycles. The lowest BCUT2D eigenvalue weighted by atomic mass is 10.1. The lowest BCUT2D eigenvalue weighted by molar-refractivity contribution is 0.0366. The van der Waals surface area contributed by atoms with Crippen molar-refractivity contribution in [1.29, 1.82) is 0 Å². The minimum atomic E-state index is 0.518. The third kappa shape index (κ3) is 6.67. The third-order valence-electron chi connectivity index (χ3n) is 5.91. The summed E-state index contributed by atoms with van der Waals surface area (Å²) in [6.45, 7) is 9.57. The highest BCUT2D eigenvalue weighted by molar-refractivity contribution is 5.83. The number of ether oxygens (including phenoxy) is 3. The van der Waals surface area contributed by atoms with Crippen molar-refractivity contribution in [2.24, 2.45) is 0 Å². The highest BCUT2D eigenvalue weighted by Crippen LogP contribution is 2.26. The Hall–Kier alpha value is -2.67. The number of anilines is 1. The molecule has 33 heavy (non-hydrogen) atoms. The van der Waals surface area contributed by atoms with E-state index in [1.54, 1.807) is 0 Å². The second kappa shape index (κ2) is 12.0. The fourth-order valence-electron chi connectivity index (χ4n) is 3.95. The minimum Gasteiger partial charge on any atom is -0.491 e. The van der Waals surface area contributed by atoms with E-state index in [9.17, 15) is 0 Å². The maximum absolute atomic E-state index is 5.83. The van der Waals surface area contributed by atoms with Gasteiger partial charge in [0.15, 0.2) is 0 Å². The molecule has 176 valence electrons. The molecule has 2 heterocycles. The Bertz CT molecular complexity index is 1000. The van der Waals surface area contributed by atoms with Gasteiger partial charge in [-0.1, -0.05) is 25.1 Å². The van der Waals surface area contributed by atoms with Crippen LogP contribution in [0.3, 0.4) is 0 Å². The zero-order valence-corrected chi connectivity index (χ0v) is 19.8. The van der Waals surface area contributed by atoms with E-state index >= 15 is 0 Å². The number of fused-ring (bicyclic) bond motifs is 1. The number of pyridine rings is 1. The van der Waals surface area contributed by atoms with E-state index in [-0.39, 0.29) is 0 Å². The molecule has 0 bridgehead atoms. The van der Waals surface area contributed by atoms with Gasteiger partial charge in [-0.3, -0.25) is 0 Å². The summed E-state index contributed by atoms with van der Waals surface area (Å²) in [4.78, 5) is 9.69. The Morgan fingerprint density at radius 1 is 0.788 bits per heavy atom. The van der Waals surface area contributed by atoms with Crippen LogP contribution in [0.1, 0.15) is 13.3 Å². The van der Waals surface area contributed by atoms with E-state index in [4.69, 9.17) is 19.2 Å². The molecule has 1 aromatic heterocycles. The monoisotopic (exact) mass is 449 g/mol. The molecule has 0 amide bonds. The van der Waals surface area contributed by atoms with Gasteiger partial charge in [-0.2, -0.15) is 0 Å². The molecule has 1 aliphatic heterocycles. The van der Waals surface area contributed by atoms with Gasteiger partial charge < -0.3 is 24.0 Å². The summed E-state index contributed by atoms with van der Waals surface area (Å²) in [6.07, 6.45) is 1.03. The van der Waals surface area contributed by atoms with Crippen molar-refractivity contribution in [3.63, 3.8) is 0 Å². The SMILES string of the molecule is CCCOCCOCCOc1ccc2nc(-c3ccc(N4CCN(C)CC4)cc3)ccc2c1. The van der Waals surface area contributed by atoms with E-state index in [2.05, 4.69) is 60.2 Å². The van der Waals surface area contributed by atoms with Crippen molar-refractivity contribution in [2.75, 3.05) is 71.2 Å². The number of piperazine rings is 1. The van der Waals surface area contributed by atoms with Crippen molar-refractivity contribution in [2.45, 2.75) is 13.3 Å².